The highest BCUT2D eigenvalue weighted by Crippen LogP contribution is 2.29. The van der Waals surface area contributed by atoms with Crippen molar-refractivity contribution in [2.45, 2.75) is 31.2 Å². The van der Waals surface area contributed by atoms with Gasteiger partial charge >= 0.3 is 0 Å². The van der Waals surface area contributed by atoms with Gasteiger partial charge in [0.2, 0.25) is 0 Å². The van der Waals surface area contributed by atoms with E-state index in [0.29, 0.717) is 11.3 Å². The molecule has 15 heavy (non-hydrogen) atoms. The summed E-state index contributed by atoms with van der Waals surface area (Å²) in [5, 5.41) is 3.89. The third-order valence-electron chi connectivity index (χ3n) is 2.90. The average molecular weight is 309 g/mol. The molecule has 1 fully saturated rings. The van der Waals surface area contributed by atoms with Gasteiger partial charge in [-0.15, -0.1) is 22.9 Å². The molecule has 0 amide bonds. The van der Waals surface area contributed by atoms with Crippen LogP contribution < -0.4 is 5.32 Å². The van der Waals surface area contributed by atoms with E-state index in [0.717, 1.165) is 13.1 Å². The molecule has 2 atom stereocenters. The summed E-state index contributed by atoms with van der Waals surface area (Å²) in [5.74, 6) is 0.676. The van der Waals surface area contributed by atoms with E-state index < -0.39 is 0 Å². The summed E-state index contributed by atoms with van der Waals surface area (Å²) >= 11 is 11.5. The molecule has 0 saturated heterocycles. The lowest BCUT2D eigenvalue weighted by atomic mass is 10.1. The summed E-state index contributed by atoms with van der Waals surface area (Å²) in [7, 11) is 0. The third-order valence-corrected chi connectivity index (χ3v) is 5.10. The molecule has 0 radical (unpaired) electrons. The van der Waals surface area contributed by atoms with Crippen molar-refractivity contribution in [3.63, 3.8) is 0 Å². The van der Waals surface area contributed by atoms with Gasteiger partial charge in [-0.1, -0.05) is 6.42 Å². The van der Waals surface area contributed by atoms with Gasteiger partial charge < -0.3 is 5.32 Å². The molecular formula is C11H15BrClNS. The molecule has 1 heterocycles. The molecule has 2 rings (SSSR count). The molecule has 2 unspecified atom stereocenters. The van der Waals surface area contributed by atoms with Crippen molar-refractivity contribution < 1.29 is 0 Å². The van der Waals surface area contributed by atoms with Crippen molar-refractivity contribution in [1.82, 2.24) is 5.32 Å². The number of nitrogens with one attached hydrogen (secondary N) is 1. The lowest BCUT2D eigenvalue weighted by Crippen LogP contribution is -2.24. The molecule has 4 heteroatoms. The van der Waals surface area contributed by atoms with Gasteiger partial charge in [0.1, 0.15) is 0 Å². The lowest BCUT2D eigenvalue weighted by Gasteiger charge is -2.13. The van der Waals surface area contributed by atoms with E-state index in [2.05, 4.69) is 33.4 Å². The van der Waals surface area contributed by atoms with E-state index in [4.69, 9.17) is 11.6 Å². The van der Waals surface area contributed by atoms with Crippen LogP contribution in [0.2, 0.25) is 0 Å². The molecule has 1 saturated carbocycles. The maximum absolute atomic E-state index is 6.22. The van der Waals surface area contributed by atoms with Crippen LogP contribution in [0.1, 0.15) is 24.1 Å². The Labute approximate surface area is 108 Å². The quantitative estimate of drug-likeness (QED) is 0.829. The number of halogens is 2. The van der Waals surface area contributed by atoms with Gasteiger partial charge in [0.25, 0.3) is 0 Å². The molecule has 0 aromatic carbocycles. The van der Waals surface area contributed by atoms with E-state index in [1.165, 1.54) is 27.9 Å². The van der Waals surface area contributed by atoms with Crippen molar-refractivity contribution in [2.24, 2.45) is 5.92 Å². The zero-order valence-corrected chi connectivity index (χ0v) is 11.7. The van der Waals surface area contributed by atoms with Gasteiger partial charge in [-0.05, 0) is 53.4 Å². The minimum Gasteiger partial charge on any atom is -0.312 e. The van der Waals surface area contributed by atoms with Gasteiger partial charge in [-0.25, -0.2) is 0 Å². The Hall–Kier alpha value is 0.430. The molecule has 1 aliphatic rings. The van der Waals surface area contributed by atoms with E-state index in [1.807, 2.05) is 0 Å². The Kier molecular flexibility index (Phi) is 4.50. The molecule has 1 aromatic rings. The molecule has 1 aliphatic carbocycles. The Balaban J connectivity index is 1.70. The van der Waals surface area contributed by atoms with Crippen molar-refractivity contribution in [3.8, 4) is 0 Å². The highest BCUT2D eigenvalue weighted by molar-refractivity contribution is 9.11. The highest BCUT2D eigenvalue weighted by atomic mass is 79.9. The maximum atomic E-state index is 6.22. The fourth-order valence-electron chi connectivity index (χ4n) is 2.05. The summed E-state index contributed by atoms with van der Waals surface area (Å²) in [6, 6.07) is 4.26. The van der Waals surface area contributed by atoms with Crippen LogP contribution in [0, 0.1) is 5.92 Å². The second-order valence-corrected chi connectivity index (χ2v) is 7.15. The van der Waals surface area contributed by atoms with Gasteiger partial charge in [0, 0.05) is 16.8 Å². The predicted octanol–water partition coefficient (Wildman–Crippen LogP) is 4.01. The largest absolute Gasteiger partial charge is 0.312 e. The number of alkyl halides is 1. The molecule has 1 N–H and O–H groups in total. The van der Waals surface area contributed by atoms with Crippen LogP contribution >= 0.6 is 38.9 Å². The minimum absolute atomic E-state index is 0.396. The third kappa shape index (κ3) is 3.45. The van der Waals surface area contributed by atoms with Crippen LogP contribution in [0.4, 0.5) is 0 Å². The van der Waals surface area contributed by atoms with Crippen molar-refractivity contribution in [2.75, 3.05) is 6.54 Å². The van der Waals surface area contributed by atoms with Gasteiger partial charge in [-0.3, -0.25) is 0 Å². The normalized spacial score (nSPS) is 26.0. The monoisotopic (exact) mass is 307 g/mol. The maximum Gasteiger partial charge on any atom is 0.0701 e. The van der Waals surface area contributed by atoms with Crippen LogP contribution in [0.15, 0.2) is 15.9 Å². The van der Waals surface area contributed by atoms with Gasteiger partial charge in [0.05, 0.1) is 3.79 Å². The summed E-state index contributed by atoms with van der Waals surface area (Å²) in [6.07, 6.45) is 3.78. The smallest absolute Gasteiger partial charge is 0.0701 e. The first-order valence-corrected chi connectivity index (χ1v) is 7.39. The van der Waals surface area contributed by atoms with Crippen LogP contribution in [-0.2, 0) is 6.54 Å². The van der Waals surface area contributed by atoms with E-state index in [-0.39, 0.29) is 0 Å². The molecule has 1 nitrogen and oxygen atoms in total. The van der Waals surface area contributed by atoms with E-state index in [1.54, 1.807) is 11.3 Å². The average Bonchev–Trinajstić information content (AvgIpc) is 2.77. The second-order valence-electron chi connectivity index (χ2n) is 4.04. The van der Waals surface area contributed by atoms with Crippen molar-refractivity contribution in [1.29, 1.82) is 0 Å². The first kappa shape index (κ1) is 11.9. The van der Waals surface area contributed by atoms with Crippen LogP contribution in [-0.4, -0.2) is 11.9 Å². The molecule has 0 aliphatic heterocycles. The van der Waals surface area contributed by atoms with Crippen molar-refractivity contribution >= 4 is 38.9 Å². The molecular weight excluding hydrogens is 294 g/mol. The summed E-state index contributed by atoms with van der Waals surface area (Å²) in [4.78, 5) is 1.38. The molecule has 1 aromatic heterocycles. The minimum atomic E-state index is 0.396. The number of hydrogen-bond acceptors (Lipinski definition) is 2. The predicted molar refractivity (Wildman–Crippen MR) is 70.7 cm³/mol. The standard InChI is InChI=1S/C11H15BrClNS/c12-11-5-4-9(15-11)7-14-6-8-2-1-3-10(8)13/h4-5,8,10,14H,1-3,6-7H2. The first-order valence-electron chi connectivity index (χ1n) is 5.34. The Morgan fingerprint density at radius 1 is 1.47 bits per heavy atom. The van der Waals surface area contributed by atoms with Gasteiger partial charge in [0.15, 0.2) is 0 Å². The zero-order chi connectivity index (χ0) is 10.7. The number of thiophene rings is 1. The molecule has 0 spiro atoms. The lowest BCUT2D eigenvalue weighted by molar-refractivity contribution is 0.495. The Morgan fingerprint density at radius 3 is 2.93 bits per heavy atom. The zero-order valence-electron chi connectivity index (χ0n) is 8.51. The van der Waals surface area contributed by atoms with E-state index >= 15 is 0 Å². The highest BCUT2D eigenvalue weighted by Gasteiger charge is 2.24. The van der Waals surface area contributed by atoms with Gasteiger partial charge in [-0.2, -0.15) is 0 Å². The number of rotatable bonds is 4. The molecule has 84 valence electrons. The molecule has 0 bridgehead atoms. The fourth-order valence-corrected chi connectivity index (χ4v) is 3.87. The second kappa shape index (κ2) is 5.67. The Bertz CT molecular complexity index is 315. The summed E-state index contributed by atoms with van der Waals surface area (Å²) < 4.78 is 1.20. The number of hydrogen-bond donors (Lipinski definition) is 1. The first-order chi connectivity index (χ1) is 7.25. The van der Waals surface area contributed by atoms with Crippen molar-refractivity contribution in [3.05, 3.63) is 20.8 Å². The topological polar surface area (TPSA) is 12.0 Å². The fraction of sp³-hybridized carbons (Fsp3) is 0.636. The van der Waals surface area contributed by atoms with Crippen LogP contribution in [0.5, 0.6) is 0 Å². The van der Waals surface area contributed by atoms with Crippen LogP contribution in [0.25, 0.3) is 0 Å². The SMILES string of the molecule is ClC1CCCC1CNCc1ccc(Br)s1. The summed E-state index contributed by atoms with van der Waals surface area (Å²) in [6.45, 7) is 2.03. The van der Waals surface area contributed by atoms with E-state index in [9.17, 15) is 0 Å². The summed E-state index contributed by atoms with van der Waals surface area (Å²) in [5.41, 5.74) is 0. The Morgan fingerprint density at radius 2 is 2.33 bits per heavy atom. The van der Waals surface area contributed by atoms with Crippen LogP contribution in [0.3, 0.4) is 0 Å².